The first-order chi connectivity index (χ1) is 9.01. The van der Waals surface area contributed by atoms with E-state index in [4.69, 9.17) is 5.26 Å². The number of hydrogen-bond acceptors (Lipinski definition) is 5. The fraction of sp³-hybridized carbons (Fsp3) is 0.583. The molecule has 0 bridgehead atoms. The molecular weight excluding hydrogens is 284 g/mol. The van der Waals surface area contributed by atoms with Gasteiger partial charge in [-0.05, 0) is 25.0 Å². The first-order valence-electron chi connectivity index (χ1n) is 6.12. The van der Waals surface area contributed by atoms with Crippen LogP contribution >= 0.6 is 11.3 Å². The van der Waals surface area contributed by atoms with Crippen LogP contribution in [0.3, 0.4) is 0 Å². The second kappa shape index (κ2) is 5.59. The molecule has 19 heavy (non-hydrogen) atoms. The Hall–Kier alpha value is -0.940. The van der Waals surface area contributed by atoms with E-state index in [1.807, 2.05) is 6.07 Å². The molecule has 1 saturated carbocycles. The average Bonchev–Trinajstić information content (AvgIpc) is 3.06. The predicted molar refractivity (Wildman–Crippen MR) is 72.2 cm³/mol. The van der Waals surface area contributed by atoms with Crippen LogP contribution in [0.25, 0.3) is 0 Å². The number of thiophene rings is 1. The van der Waals surface area contributed by atoms with E-state index >= 15 is 0 Å². The van der Waals surface area contributed by atoms with Gasteiger partial charge in [0.05, 0.1) is 0 Å². The topological polar surface area (TPSA) is 90.2 Å². The van der Waals surface area contributed by atoms with E-state index in [1.165, 1.54) is 12.1 Å². The van der Waals surface area contributed by atoms with Gasteiger partial charge in [0.15, 0.2) is 0 Å². The van der Waals surface area contributed by atoms with E-state index in [0.717, 1.165) is 37.0 Å². The molecule has 1 fully saturated rings. The first kappa shape index (κ1) is 14.5. The van der Waals surface area contributed by atoms with Gasteiger partial charge in [-0.15, -0.1) is 11.3 Å². The quantitative estimate of drug-likeness (QED) is 0.861. The van der Waals surface area contributed by atoms with Gasteiger partial charge < -0.3 is 5.11 Å². The predicted octanol–water partition coefficient (Wildman–Crippen LogP) is 1.45. The van der Waals surface area contributed by atoms with Crippen LogP contribution in [-0.2, 0) is 10.0 Å². The zero-order valence-electron chi connectivity index (χ0n) is 10.4. The molecule has 0 unspecified atom stereocenters. The zero-order valence-corrected chi connectivity index (χ0v) is 12.1. The molecule has 1 heterocycles. The second-order valence-corrected chi connectivity index (χ2v) is 8.00. The largest absolute Gasteiger partial charge is 0.396 e. The molecule has 1 aromatic rings. The highest BCUT2D eigenvalue weighted by molar-refractivity contribution is 7.91. The lowest BCUT2D eigenvalue weighted by Crippen LogP contribution is -2.38. The van der Waals surface area contributed by atoms with E-state index in [-0.39, 0.29) is 22.8 Å². The van der Waals surface area contributed by atoms with Gasteiger partial charge in [-0.1, -0.05) is 12.8 Å². The molecule has 0 aliphatic heterocycles. The number of nitriles is 1. The number of nitrogens with one attached hydrogen (secondary N) is 1. The molecule has 1 aliphatic carbocycles. The van der Waals surface area contributed by atoms with Crippen molar-refractivity contribution < 1.29 is 13.5 Å². The Bertz CT molecular complexity index is 580. The highest BCUT2D eigenvalue weighted by Crippen LogP contribution is 2.37. The van der Waals surface area contributed by atoms with Crippen molar-refractivity contribution in [2.24, 2.45) is 5.41 Å². The van der Waals surface area contributed by atoms with Crippen LogP contribution in [0.4, 0.5) is 0 Å². The molecule has 2 N–H and O–H groups in total. The van der Waals surface area contributed by atoms with Crippen LogP contribution in [0.1, 0.15) is 30.6 Å². The Balaban J connectivity index is 2.07. The maximum absolute atomic E-state index is 12.1. The van der Waals surface area contributed by atoms with Crippen molar-refractivity contribution in [3.05, 3.63) is 17.0 Å². The highest BCUT2D eigenvalue weighted by atomic mass is 32.2. The van der Waals surface area contributed by atoms with Gasteiger partial charge in [-0.3, -0.25) is 0 Å². The summed E-state index contributed by atoms with van der Waals surface area (Å²) in [7, 11) is -3.58. The third-order valence-electron chi connectivity index (χ3n) is 3.59. The summed E-state index contributed by atoms with van der Waals surface area (Å²) in [4.78, 5) is 0.373. The molecule has 0 atom stereocenters. The third kappa shape index (κ3) is 3.15. The van der Waals surface area contributed by atoms with Gasteiger partial charge in [0.2, 0.25) is 10.0 Å². The standard InChI is InChI=1S/C12H16N2O3S2/c13-7-10-3-4-11(18-10)19(16,17)14-8-12(9-15)5-1-2-6-12/h3-4,14-15H,1-2,5-6,8-9H2. The van der Waals surface area contributed by atoms with Gasteiger partial charge >= 0.3 is 0 Å². The van der Waals surface area contributed by atoms with E-state index in [0.29, 0.717) is 4.88 Å². The minimum atomic E-state index is -3.58. The Morgan fingerprint density at radius 2 is 2.11 bits per heavy atom. The van der Waals surface area contributed by atoms with Gasteiger partial charge in [-0.2, -0.15) is 5.26 Å². The molecule has 0 aromatic carbocycles. The zero-order chi connectivity index (χ0) is 13.9. The third-order valence-corrected chi connectivity index (χ3v) is 6.48. The molecule has 0 amide bonds. The molecule has 104 valence electrons. The first-order valence-corrected chi connectivity index (χ1v) is 8.42. The Labute approximate surface area is 116 Å². The van der Waals surface area contributed by atoms with E-state index in [2.05, 4.69) is 4.72 Å². The molecule has 0 radical (unpaired) electrons. The summed E-state index contributed by atoms with van der Waals surface area (Å²) in [5, 5.41) is 18.2. The van der Waals surface area contributed by atoms with Crippen LogP contribution in [-0.4, -0.2) is 26.7 Å². The van der Waals surface area contributed by atoms with E-state index in [1.54, 1.807) is 0 Å². The molecule has 1 aromatic heterocycles. The van der Waals surface area contributed by atoms with Crippen LogP contribution in [0, 0.1) is 16.7 Å². The van der Waals surface area contributed by atoms with Gasteiger partial charge in [0, 0.05) is 18.6 Å². The molecule has 0 spiro atoms. The summed E-state index contributed by atoms with van der Waals surface area (Å²) < 4.78 is 26.9. The van der Waals surface area contributed by atoms with Crippen molar-refractivity contribution in [2.45, 2.75) is 29.9 Å². The monoisotopic (exact) mass is 300 g/mol. The SMILES string of the molecule is N#Cc1ccc(S(=O)(=O)NCC2(CO)CCCC2)s1. The molecule has 2 rings (SSSR count). The van der Waals surface area contributed by atoms with Crippen molar-refractivity contribution in [1.29, 1.82) is 5.26 Å². The Kier molecular flexibility index (Phi) is 4.26. The second-order valence-electron chi connectivity index (χ2n) is 4.92. The summed E-state index contributed by atoms with van der Waals surface area (Å²) >= 11 is 0.955. The van der Waals surface area contributed by atoms with Crippen LogP contribution in [0.15, 0.2) is 16.3 Å². The number of aliphatic hydroxyl groups excluding tert-OH is 1. The van der Waals surface area contributed by atoms with Crippen molar-refractivity contribution in [3.8, 4) is 6.07 Å². The summed E-state index contributed by atoms with van der Waals surface area (Å²) in [6.45, 7) is 0.259. The summed E-state index contributed by atoms with van der Waals surface area (Å²) in [5.41, 5.74) is -0.317. The molecule has 7 heteroatoms. The van der Waals surface area contributed by atoms with Gasteiger partial charge in [-0.25, -0.2) is 13.1 Å². The summed E-state index contributed by atoms with van der Waals surface area (Å²) in [6.07, 6.45) is 3.75. The lowest BCUT2D eigenvalue weighted by molar-refractivity contribution is 0.134. The fourth-order valence-electron chi connectivity index (χ4n) is 2.36. The minimum Gasteiger partial charge on any atom is -0.396 e. The van der Waals surface area contributed by atoms with Gasteiger partial charge in [0.25, 0.3) is 0 Å². The molecular formula is C12H16N2O3S2. The van der Waals surface area contributed by atoms with E-state index < -0.39 is 10.0 Å². The number of hydrogen-bond donors (Lipinski definition) is 2. The Morgan fingerprint density at radius 3 is 2.63 bits per heavy atom. The Morgan fingerprint density at radius 1 is 1.42 bits per heavy atom. The summed E-state index contributed by atoms with van der Waals surface area (Å²) in [5.74, 6) is 0. The number of sulfonamides is 1. The van der Waals surface area contributed by atoms with Crippen molar-refractivity contribution in [1.82, 2.24) is 4.72 Å². The lowest BCUT2D eigenvalue weighted by Gasteiger charge is -2.26. The van der Waals surface area contributed by atoms with Crippen LogP contribution in [0.5, 0.6) is 0 Å². The summed E-state index contributed by atoms with van der Waals surface area (Å²) in [6, 6.07) is 4.85. The molecule has 5 nitrogen and oxygen atoms in total. The maximum atomic E-state index is 12.1. The minimum absolute atomic E-state index is 0.00338. The number of rotatable bonds is 5. The highest BCUT2D eigenvalue weighted by Gasteiger charge is 2.34. The van der Waals surface area contributed by atoms with Crippen LogP contribution in [0.2, 0.25) is 0 Å². The van der Waals surface area contributed by atoms with Gasteiger partial charge in [0.1, 0.15) is 15.2 Å². The fourth-order valence-corrected chi connectivity index (χ4v) is 4.66. The average molecular weight is 300 g/mol. The number of nitrogens with zero attached hydrogens (tertiary/aromatic N) is 1. The van der Waals surface area contributed by atoms with Crippen LogP contribution < -0.4 is 4.72 Å². The maximum Gasteiger partial charge on any atom is 0.250 e. The lowest BCUT2D eigenvalue weighted by atomic mass is 9.88. The van der Waals surface area contributed by atoms with Crippen molar-refractivity contribution >= 4 is 21.4 Å². The van der Waals surface area contributed by atoms with E-state index in [9.17, 15) is 13.5 Å². The smallest absolute Gasteiger partial charge is 0.250 e. The molecule has 0 saturated heterocycles. The van der Waals surface area contributed by atoms with Crippen molar-refractivity contribution in [3.63, 3.8) is 0 Å². The molecule has 1 aliphatic rings. The van der Waals surface area contributed by atoms with Crippen molar-refractivity contribution in [2.75, 3.05) is 13.2 Å². The number of aliphatic hydroxyl groups is 1. The normalized spacial score (nSPS) is 18.3.